The van der Waals surface area contributed by atoms with Gasteiger partial charge in [-0.25, -0.2) is 0 Å². The molecule has 3 saturated heterocycles. The van der Waals surface area contributed by atoms with E-state index in [0.717, 1.165) is 96.3 Å². The van der Waals surface area contributed by atoms with E-state index < -0.39 is 124 Å². The van der Waals surface area contributed by atoms with Gasteiger partial charge in [0, 0.05) is 6.42 Å². The molecule has 0 aromatic carbocycles. The van der Waals surface area contributed by atoms with Crippen molar-refractivity contribution in [3.05, 3.63) is 85.1 Å². The highest BCUT2D eigenvalue weighted by atomic mass is 16.8. The maximum absolute atomic E-state index is 13.4. The molecule has 94 heavy (non-hydrogen) atoms. The minimum atomic E-state index is -1.98. The van der Waals surface area contributed by atoms with Crippen LogP contribution in [0.5, 0.6) is 0 Å². The van der Waals surface area contributed by atoms with Crippen LogP contribution in [0.3, 0.4) is 0 Å². The van der Waals surface area contributed by atoms with Crippen LogP contribution >= 0.6 is 0 Å². The number of ether oxygens (including phenoxy) is 6. The number of nitrogens with one attached hydrogen (secondary N) is 1. The summed E-state index contributed by atoms with van der Waals surface area (Å²) in [6.45, 7) is 1.63. The molecule has 12 N–H and O–H groups in total. The molecule has 17 unspecified atom stereocenters. The van der Waals surface area contributed by atoms with Gasteiger partial charge in [0.25, 0.3) is 0 Å². The number of aliphatic hydroxyl groups excluding tert-OH is 11. The first-order chi connectivity index (χ1) is 45.8. The van der Waals surface area contributed by atoms with Gasteiger partial charge in [-0.05, 0) is 70.6 Å². The zero-order valence-corrected chi connectivity index (χ0v) is 57.7. The first-order valence-electron chi connectivity index (χ1n) is 36.8. The molecule has 3 aliphatic rings. The predicted molar refractivity (Wildman–Crippen MR) is 369 cm³/mol. The highest BCUT2D eigenvalue weighted by Crippen LogP contribution is 2.33. The van der Waals surface area contributed by atoms with Gasteiger partial charge in [0.05, 0.1) is 38.6 Å². The maximum atomic E-state index is 13.4. The summed E-state index contributed by atoms with van der Waals surface area (Å²) in [5, 5.41) is 121. The number of hydrogen-bond acceptors (Lipinski definition) is 18. The summed E-state index contributed by atoms with van der Waals surface area (Å²) in [4.78, 5) is 13.4. The Labute approximate surface area is 565 Å². The van der Waals surface area contributed by atoms with Crippen LogP contribution in [0.2, 0.25) is 0 Å². The molecule has 3 fully saturated rings. The van der Waals surface area contributed by atoms with Gasteiger partial charge in [0.1, 0.15) is 73.2 Å². The van der Waals surface area contributed by atoms with Gasteiger partial charge in [-0.2, -0.15) is 0 Å². The topological polar surface area (TPSA) is 307 Å². The fraction of sp³-hybridized carbons (Fsp3) is 0.800. The van der Waals surface area contributed by atoms with Crippen LogP contribution in [0.1, 0.15) is 251 Å². The lowest BCUT2D eigenvalue weighted by Gasteiger charge is -2.48. The predicted octanol–water partition coefficient (Wildman–Crippen LogP) is 10.7. The number of allylic oxidation sites excluding steroid dienone is 13. The molecule has 544 valence electrons. The zero-order chi connectivity index (χ0) is 68.2. The van der Waals surface area contributed by atoms with Crippen LogP contribution in [-0.2, 0) is 33.2 Å². The number of unbranched alkanes of at least 4 members (excludes halogenated alkanes) is 28. The fourth-order valence-corrected chi connectivity index (χ4v) is 12.0. The number of hydrogen-bond donors (Lipinski definition) is 12. The molecule has 3 rings (SSSR count). The third kappa shape index (κ3) is 36.7. The third-order valence-electron chi connectivity index (χ3n) is 17.9. The molecule has 0 saturated carbocycles. The Kier molecular flexibility index (Phi) is 50.6. The van der Waals surface area contributed by atoms with Gasteiger partial charge < -0.3 is 89.9 Å². The summed E-state index contributed by atoms with van der Waals surface area (Å²) in [6, 6.07) is -0.979. The molecule has 0 spiro atoms. The smallest absolute Gasteiger partial charge is 0.220 e. The van der Waals surface area contributed by atoms with Gasteiger partial charge >= 0.3 is 0 Å². The molecule has 0 aliphatic carbocycles. The van der Waals surface area contributed by atoms with E-state index in [1.807, 2.05) is 6.08 Å². The summed E-state index contributed by atoms with van der Waals surface area (Å²) in [7, 11) is 0. The van der Waals surface area contributed by atoms with Gasteiger partial charge in [0.15, 0.2) is 18.9 Å². The van der Waals surface area contributed by atoms with Crippen molar-refractivity contribution >= 4 is 5.91 Å². The Morgan fingerprint density at radius 1 is 0.394 bits per heavy atom. The number of aliphatic hydroxyl groups is 11. The molecule has 17 atom stereocenters. The first-order valence-corrected chi connectivity index (χ1v) is 36.8. The van der Waals surface area contributed by atoms with Crippen molar-refractivity contribution in [2.45, 2.75) is 356 Å². The maximum Gasteiger partial charge on any atom is 0.220 e. The zero-order valence-electron chi connectivity index (χ0n) is 57.7. The standard InChI is InChI=1S/C75H131NO18/c1-3-5-7-9-11-13-15-17-19-21-23-24-25-26-27-28-29-30-31-32-33-34-35-37-39-41-43-45-47-49-51-53-63(81)76-58(59(80)52-50-48-46-44-42-40-38-36-22-20-18-16-14-12-10-8-6-4-2)57-89-73-69(87)66(84)71(61(55-78)91-73)94-75-70(88)67(85)72(62(56-79)92-75)93-74-68(86)65(83)64(82)60(54-77)90-74/h5,7,11,13,17,19,23-24,26-27,29-30,50,52,58-62,64-75,77-80,82-88H,3-4,6,8-10,12,14-16,18,20-22,25,28,31-49,51,53-57H2,1-2H3,(H,76,81)/b7-5-,13-11-,19-17-,24-23-,27-26-,30-29-,52-50+. The molecular formula is C75H131NO18. The van der Waals surface area contributed by atoms with Crippen LogP contribution in [0, 0.1) is 0 Å². The summed E-state index contributed by atoms with van der Waals surface area (Å²) >= 11 is 0. The summed E-state index contributed by atoms with van der Waals surface area (Å²) in [6.07, 6.45) is 45.5. The number of rotatable bonds is 56. The van der Waals surface area contributed by atoms with Crippen molar-refractivity contribution in [1.29, 1.82) is 0 Å². The van der Waals surface area contributed by atoms with E-state index in [2.05, 4.69) is 92.1 Å². The molecule has 1 amide bonds. The first kappa shape index (κ1) is 85.2. The molecule has 3 heterocycles. The molecule has 0 radical (unpaired) electrons. The van der Waals surface area contributed by atoms with Gasteiger partial charge in [-0.15, -0.1) is 0 Å². The van der Waals surface area contributed by atoms with Crippen molar-refractivity contribution in [2.24, 2.45) is 0 Å². The molecule has 0 aromatic rings. The monoisotopic (exact) mass is 1330 g/mol. The van der Waals surface area contributed by atoms with Crippen LogP contribution in [0.4, 0.5) is 0 Å². The van der Waals surface area contributed by atoms with E-state index in [9.17, 15) is 61.0 Å². The fourth-order valence-electron chi connectivity index (χ4n) is 12.0. The van der Waals surface area contributed by atoms with Crippen LogP contribution < -0.4 is 5.32 Å². The Morgan fingerprint density at radius 3 is 1.15 bits per heavy atom. The lowest BCUT2D eigenvalue weighted by Crippen LogP contribution is -2.66. The van der Waals surface area contributed by atoms with E-state index in [0.29, 0.717) is 6.42 Å². The van der Waals surface area contributed by atoms with Crippen LogP contribution in [-0.4, -0.2) is 193 Å². The Bertz CT molecular complexity index is 2030. The highest BCUT2D eigenvalue weighted by molar-refractivity contribution is 5.76. The molecule has 3 aliphatic heterocycles. The second-order valence-corrected chi connectivity index (χ2v) is 26.0. The lowest BCUT2D eigenvalue weighted by molar-refractivity contribution is -0.379. The summed E-state index contributed by atoms with van der Waals surface area (Å²) in [5.41, 5.74) is 0. The van der Waals surface area contributed by atoms with Crippen molar-refractivity contribution in [1.82, 2.24) is 5.32 Å². The minimum absolute atomic E-state index is 0.237. The van der Waals surface area contributed by atoms with Crippen molar-refractivity contribution in [3.63, 3.8) is 0 Å². The largest absolute Gasteiger partial charge is 0.394 e. The normalized spacial score (nSPS) is 27.9. The molecule has 19 heteroatoms. The van der Waals surface area contributed by atoms with Crippen LogP contribution in [0.15, 0.2) is 85.1 Å². The van der Waals surface area contributed by atoms with Gasteiger partial charge in [-0.3, -0.25) is 4.79 Å². The number of carbonyl (C=O) groups is 1. The molecule has 19 nitrogen and oxygen atoms in total. The van der Waals surface area contributed by atoms with E-state index >= 15 is 0 Å². The average Bonchev–Trinajstić information content (AvgIpc) is 0.787. The summed E-state index contributed by atoms with van der Waals surface area (Å²) in [5.74, 6) is -0.279. The highest BCUT2D eigenvalue weighted by Gasteiger charge is 2.53. The van der Waals surface area contributed by atoms with Crippen molar-refractivity contribution in [3.8, 4) is 0 Å². The van der Waals surface area contributed by atoms with E-state index in [1.165, 1.54) is 128 Å². The molecule has 0 bridgehead atoms. The summed E-state index contributed by atoms with van der Waals surface area (Å²) < 4.78 is 34.4. The average molecular weight is 1330 g/mol. The number of amides is 1. The van der Waals surface area contributed by atoms with E-state index in [-0.39, 0.29) is 18.9 Å². The van der Waals surface area contributed by atoms with E-state index in [1.54, 1.807) is 6.08 Å². The third-order valence-corrected chi connectivity index (χ3v) is 17.9. The van der Waals surface area contributed by atoms with Crippen LogP contribution in [0.25, 0.3) is 0 Å². The van der Waals surface area contributed by atoms with Crippen molar-refractivity contribution in [2.75, 3.05) is 26.4 Å². The Hall–Kier alpha value is -3.03. The second kappa shape index (κ2) is 55.8. The molecule has 0 aromatic heterocycles. The van der Waals surface area contributed by atoms with Gasteiger partial charge in [-0.1, -0.05) is 259 Å². The second-order valence-electron chi connectivity index (χ2n) is 26.0. The van der Waals surface area contributed by atoms with Crippen molar-refractivity contribution < 1.29 is 89.4 Å². The Balaban J connectivity index is 1.40. The Morgan fingerprint density at radius 2 is 0.734 bits per heavy atom. The minimum Gasteiger partial charge on any atom is -0.394 e. The van der Waals surface area contributed by atoms with E-state index in [4.69, 9.17) is 28.4 Å². The number of carbonyl (C=O) groups excluding carboxylic acids is 1. The SMILES string of the molecule is CC/C=C\C/C=C\C/C=C\C/C=C\C/C=C\C/C=C\CCCCCCCCCCCCCCC(=O)NC(COC1OC(CO)C(OC2OC(CO)C(OC3OC(CO)C(O)C(O)C3O)C(O)C2O)C(O)C1O)C(O)/C=C/CCCCCCCCCCCCCCCCCC. The van der Waals surface area contributed by atoms with Gasteiger partial charge in [0.2, 0.25) is 5.91 Å². The quantitative estimate of drug-likeness (QED) is 0.0199. The lowest BCUT2D eigenvalue weighted by atomic mass is 9.96. The molecular weight excluding hydrogens is 1200 g/mol.